The molecule has 0 radical (unpaired) electrons. The van der Waals surface area contributed by atoms with Gasteiger partial charge in [-0.15, -0.1) is 21.5 Å². The molecule has 0 unspecified atom stereocenters. The Bertz CT molecular complexity index is 1200. The molecule has 0 bridgehead atoms. The topological polar surface area (TPSA) is 85.5 Å². The van der Waals surface area contributed by atoms with E-state index >= 15 is 0 Å². The quantitative estimate of drug-likeness (QED) is 0.477. The van der Waals surface area contributed by atoms with Crippen LogP contribution in [-0.2, 0) is 33.4 Å². The van der Waals surface area contributed by atoms with Gasteiger partial charge in [0, 0.05) is 23.7 Å². The van der Waals surface area contributed by atoms with Crippen molar-refractivity contribution >= 4 is 33.1 Å². The predicted molar refractivity (Wildman–Crippen MR) is 124 cm³/mol. The lowest BCUT2D eigenvalue weighted by Gasteiger charge is -2.26. The number of nitrogens with zero attached hydrogens (tertiary/aromatic N) is 3. The molecular formula is C22H25N3O4S3. The number of ether oxygens (including phenoxy) is 1. The molecule has 10 heteroatoms. The zero-order valence-corrected chi connectivity index (χ0v) is 20.3. The molecule has 0 amide bonds. The van der Waals surface area contributed by atoms with Gasteiger partial charge in [-0.05, 0) is 54.5 Å². The third-order valence-corrected chi connectivity index (χ3v) is 9.82. The van der Waals surface area contributed by atoms with Crippen LogP contribution in [0.25, 0.3) is 10.8 Å². The number of rotatable bonds is 6. The molecule has 1 aliphatic carbocycles. The molecular weight excluding hydrogens is 466 g/mol. The zero-order chi connectivity index (χ0) is 22.1. The van der Waals surface area contributed by atoms with Crippen LogP contribution in [0.1, 0.15) is 29.3 Å². The van der Waals surface area contributed by atoms with Gasteiger partial charge in [0.15, 0.2) is 0 Å². The standard InChI is InChI=1S/C22H25N3O4S3/c1-15-5-6-19-17(11-15)13-20(31-19)21-23-24-22(29-21)30-14-16-3-2-4-18(12-16)32(26,27)25-7-9-28-10-8-25/h2-4,12-13,15H,5-11,14H2,1H3/t15-/m1/s1. The Balaban J connectivity index is 1.26. The maximum Gasteiger partial charge on any atom is 0.277 e. The molecule has 1 aliphatic heterocycles. The van der Waals surface area contributed by atoms with E-state index in [0.717, 1.165) is 29.2 Å². The first kappa shape index (κ1) is 22.1. The Morgan fingerprint density at radius 1 is 1.22 bits per heavy atom. The fourth-order valence-electron chi connectivity index (χ4n) is 4.06. The minimum atomic E-state index is -3.51. The summed E-state index contributed by atoms with van der Waals surface area (Å²) in [5.41, 5.74) is 2.30. The molecule has 1 aromatic carbocycles. The van der Waals surface area contributed by atoms with Crippen LogP contribution in [0.5, 0.6) is 0 Å². The number of aromatic nitrogens is 2. The molecule has 2 aliphatic rings. The molecule has 1 atom stereocenters. The molecule has 7 nitrogen and oxygen atoms in total. The fraction of sp³-hybridized carbons (Fsp3) is 0.455. The van der Waals surface area contributed by atoms with E-state index in [9.17, 15) is 8.42 Å². The second-order valence-electron chi connectivity index (χ2n) is 8.23. The number of sulfonamides is 1. The third kappa shape index (κ3) is 4.65. The van der Waals surface area contributed by atoms with E-state index < -0.39 is 10.0 Å². The van der Waals surface area contributed by atoms with Gasteiger partial charge in [0.05, 0.1) is 23.0 Å². The number of thiophene rings is 1. The van der Waals surface area contributed by atoms with Crippen LogP contribution >= 0.6 is 23.1 Å². The van der Waals surface area contributed by atoms with E-state index in [0.29, 0.717) is 48.1 Å². The van der Waals surface area contributed by atoms with Crippen molar-refractivity contribution in [1.29, 1.82) is 0 Å². The molecule has 5 rings (SSSR count). The summed E-state index contributed by atoms with van der Waals surface area (Å²) in [6.07, 6.45) is 3.48. The first-order chi connectivity index (χ1) is 15.5. The number of hydrogen-bond acceptors (Lipinski definition) is 8. The molecule has 2 aromatic heterocycles. The summed E-state index contributed by atoms with van der Waals surface area (Å²) in [4.78, 5) is 2.77. The van der Waals surface area contributed by atoms with Crippen LogP contribution in [0, 0.1) is 5.92 Å². The second kappa shape index (κ2) is 9.26. The number of aryl methyl sites for hydroxylation is 1. The normalized spacial score (nSPS) is 19.7. The lowest BCUT2D eigenvalue weighted by molar-refractivity contribution is 0.0730. The molecule has 0 N–H and O–H groups in total. The summed E-state index contributed by atoms with van der Waals surface area (Å²) in [7, 11) is -3.51. The van der Waals surface area contributed by atoms with Crippen molar-refractivity contribution in [2.24, 2.45) is 5.92 Å². The van der Waals surface area contributed by atoms with Gasteiger partial charge in [0.25, 0.3) is 11.1 Å². The van der Waals surface area contributed by atoms with Crippen molar-refractivity contribution in [3.8, 4) is 10.8 Å². The Kier molecular flexibility index (Phi) is 6.39. The van der Waals surface area contributed by atoms with Crippen molar-refractivity contribution in [2.45, 2.75) is 42.1 Å². The molecule has 32 heavy (non-hydrogen) atoms. The lowest BCUT2D eigenvalue weighted by atomic mass is 9.90. The van der Waals surface area contributed by atoms with E-state index in [2.05, 4.69) is 23.2 Å². The summed E-state index contributed by atoms with van der Waals surface area (Å²) in [5.74, 6) is 1.83. The van der Waals surface area contributed by atoms with E-state index in [1.165, 1.54) is 32.9 Å². The van der Waals surface area contributed by atoms with Crippen molar-refractivity contribution in [3.63, 3.8) is 0 Å². The molecule has 1 saturated heterocycles. The summed E-state index contributed by atoms with van der Waals surface area (Å²) in [6.45, 7) is 3.93. The maximum atomic E-state index is 12.9. The SMILES string of the molecule is C[C@@H]1CCc2sc(-c3nnc(SCc4cccc(S(=O)(=O)N5CCOCC5)c4)o3)cc2C1. The molecule has 3 heterocycles. The van der Waals surface area contributed by atoms with Crippen LogP contribution in [0.4, 0.5) is 0 Å². The van der Waals surface area contributed by atoms with Crippen LogP contribution in [0.3, 0.4) is 0 Å². The second-order valence-corrected chi connectivity index (χ2v) is 12.2. The fourth-order valence-corrected chi connectivity index (χ4v) is 7.37. The highest BCUT2D eigenvalue weighted by molar-refractivity contribution is 7.98. The van der Waals surface area contributed by atoms with Gasteiger partial charge < -0.3 is 9.15 Å². The lowest BCUT2D eigenvalue weighted by Crippen LogP contribution is -2.40. The highest BCUT2D eigenvalue weighted by Crippen LogP contribution is 2.37. The summed E-state index contributed by atoms with van der Waals surface area (Å²) < 4.78 is 38.5. The highest BCUT2D eigenvalue weighted by atomic mass is 32.2. The first-order valence-corrected chi connectivity index (χ1v) is 14.0. The Morgan fingerprint density at radius 2 is 2.06 bits per heavy atom. The van der Waals surface area contributed by atoms with Crippen LogP contribution < -0.4 is 0 Å². The van der Waals surface area contributed by atoms with Gasteiger partial charge in [0.2, 0.25) is 10.0 Å². The molecule has 1 fully saturated rings. The molecule has 0 spiro atoms. The number of thioether (sulfide) groups is 1. The van der Waals surface area contributed by atoms with E-state index in [1.54, 1.807) is 29.5 Å². The monoisotopic (exact) mass is 491 g/mol. The van der Waals surface area contributed by atoms with Gasteiger partial charge >= 0.3 is 0 Å². The number of hydrogen-bond donors (Lipinski definition) is 0. The zero-order valence-electron chi connectivity index (χ0n) is 17.8. The minimum absolute atomic E-state index is 0.308. The van der Waals surface area contributed by atoms with Gasteiger partial charge in [-0.1, -0.05) is 30.8 Å². The van der Waals surface area contributed by atoms with Crippen LogP contribution in [0.15, 0.2) is 44.9 Å². The number of fused-ring (bicyclic) bond motifs is 1. The third-order valence-electron chi connectivity index (χ3n) is 5.82. The molecule has 3 aromatic rings. The van der Waals surface area contributed by atoms with Crippen LogP contribution in [-0.4, -0.2) is 49.2 Å². The summed E-state index contributed by atoms with van der Waals surface area (Å²) in [5, 5.41) is 8.91. The summed E-state index contributed by atoms with van der Waals surface area (Å²) in [6, 6.07) is 9.25. The van der Waals surface area contributed by atoms with E-state index in [1.807, 2.05) is 6.07 Å². The number of morpholine rings is 1. The van der Waals surface area contributed by atoms with Crippen molar-refractivity contribution in [3.05, 3.63) is 46.3 Å². The van der Waals surface area contributed by atoms with Crippen molar-refractivity contribution in [1.82, 2.24) is 14.5 Å². The summed E-state index contributed by atoms with van der Waals surface area (Å²) >= 11 is 3.17. The smallest absolute Gasteiger partial charge is 0.277 e. The number of benzene rings is 1. The van der Waals surface area contributed by atoms with Gasteiger partial charge in [-0.2, -0.15) is 4.31 Å². The molecule has 170 valence electrons. The van der Waals surface area contributed by atoms with Crippen molar-refractivity contribution in [2.75, 3.05) is 26.3 Å². The first-order valence-electron chi connectivity index (χ1n) is 10.7. The Morgan fingerprint density at radius 3 is 2.91 bits per heavy atom. The minimum Gasteiger partial charge on any atom is -0.410 e. The van der Waals surface area contributed by atoms with Gasteiger partial charge in [-0.25, -0.2) is 8.42 Å². The maximum absolute atomic E-state index is 12.9. The van der Waals surface area contributed by atoms with Crippen LogP contribution in [0.2, 0.25) is 0 Å². The Labute approximate surface area is 196 Å². The van der Waals surface area contributed by atoms with E-state index in [-0.39, 0.29) is 0 Å². The Hall–Kier alpha value is -1.72. The van der Waals surface area contributed by atoms with Crippen molar-refractivity contribution < 1.29 is 17.6 Å². The largest absolute Gasteiger partial charge is 0.410 e. The average molecular weight is 492 g/mol. The molecule has 0 saturated carbocycles. The predicted octanol–water partition coefficient (Wildman–Crippen LogP) is 4.24. The average Bonchev–Trinajstić information content (AvgIpc) is 3.45. The highest BCUT2D eigenvalue weighted by Gasteiger charge is 2.26. The van der Waals surface area contributed by atoms with E-state index in [4.69, 9.17) is 9.15 Å². The van der Waals surface area contributed by atoms with Gasteiger partial charge in [0.1, 0.15) is 0 Å². The van der Waals surface area contributed by atoms with Gasteiger partial charge in [-0.3, -0.25) is 0 Å².